The zero-order valence-corrected chi connectivity index (χ0v) is 12.1. The highest BCUT2D eigenvalue weighted by molar-refractivity contribution is 9.10. The van der Waals surface area contributed by atoms with Crippen LogP contribution in [0.4, 0.5) is 10.2 Å². The van der Waals surface area contributed by atoms with E-state index in [2.05, 4.69) is 42.2 Å². The number of aromatic nitrogens is 1. The standard InChI is InChI=1S/C12H7Br2FN2O/c13-7-1-4-11(16-6-7)17-12(18)9-5-8(15)2-3-10(9)14/h1-6H,(H,16,17,18). The predicted molar refractivity (Wildman–Crippen MR) is 74.0 cm³/mol. The molecule has 3 nitrogen and oxygen atoms in total. The molecule has 0 fully saturated rings. The van der Waals surface area contributed by atoms with Crippen molar-refractivity contribution in [2.45, 2.75) is 0 Å². The number of nitrogens with zero attached hydrogens (tertiary/aromatic N) is 1. The molecule has 0 saturated heterocycles. The Morgan fingerprint density at radius 1 is 1.22 bits per heavy atom. The SMILES string of the molecule is O=C(Nc1ccc(Br)cn1)c1cc(F)ccc1Br. The van der Waals surface area contributed by atoms with E-state index in [0.29, 0.717) is 10.3 Å². The van der Waals surface area contributed by atoms with E-state index < -0.39 is 11.7 Å². The van der Waals surface area contributed by atoms with Crippen LogP contribution in [-0.4, -0.2) is 10.9 Å². The van der Waals surface area contributed by atoms with Crippen molar-refractivity contribution in [2.24, 2.45) is 0 Å². The summed E-state index contributed by atoms with van der Waals surface area (Å²) in [6, 6.07) is 7.33. The molecular weight excluding hydrogens is 367 g/mol. The van der Waals surface area contributed by atoms with E-state index in [4.69, 9.17) is 0 Å². The number of anilines is 1. The summed E-state index contributed by atoms with van der Waals surface area (Å²) in [5.74, 6) is -0.484. The summed E-state index contributed by atoms with van der Waals surface area (Å²) in [5, 5.41) is 2.59. The quantitative estimate of drug-likeness (QED) is 0.864. The van der Waals surface area contributed by atoms with Crippen molar-refractivity contribution in [3.8, 4) is 0 Å². The van der Waals surface area contributed by atoms with Crippen molar-refractivity contribution in [2.75, 3.05) is 5.32 Å². The first-order chi connectivity index (χ1) is 8.56. The summed E-state index contributed by atoms with van der Waals surface area (Å²) in [6.07, 6.45) is 1.57. The molecule has 2 aromatic rings. The summed E-state index contributed by atoms with van der Waals surface area (Å²) in [4.78, 5) is 15.9. The lowest BCUT2D eigenvalue weighted by molar-refractivity contribution is 0.102. The maximum Gasteiger partial charge on any atom is 0.258 e. The van der Waals surface area contributed by atoms with Gasteiger partial charge >= 0.3 is 0 Å². The Kier molecular flexibility index (Phi) is 4.08. The zero-order chi connectivity index (χ0) is 13.1. The molecule has 0 spiro atoms. The van der Waals surface area contributed by atoms with Crippen LogP contribution in [0.1, 0.15) is 10.4 Å². The molecule has 1 aromatic carbocycles. The summed E-state index contributed by atoms with van der Waals surface area (Å²) in [7, 11) is 0. The fourth-order valence-electron chi connectivity index (χ4n) is 1.30. The molecule has 2 rings (SSSR count). The molecule has 0 bridgehead atoms. The topological polar surface area (TPSA) is 42.0 Å². The van der Waals surface area contributed by atoms with Gasteiger partial charge in [0.2, 0.25) is 0 Å². The van der Waals surface area contributed by atoms with Crippen molar-refractivity contribution < 1.29 is 9.18 Å². The first-order valence-electron chi connectivity index (χ1n) is 4.94. The number of halogens is 3. The Balaban J connectivity index is 2.21. The monoisotopic (exact) mass is 372 g/mol. The van der Waals surface area contributed by atoms with Gasteiger partial charge in [0.25, 0.3) is 5.91 Å². The molecule has 1 aromatic heterocycles. The highest BCUT2D eigenvalue weighted by Crippen LogP contribution is 2.19. The minimum absolute atomic E-state index is 0.222. The van der Waals surface area contributed by atoms with Crippen LogP contribution in [0.3, 0.4) is 0 Å². The maximum absolute atomic E-state index is 13.1. The van der Waals surface area contributed by atoms with E-state index in [1.165, 1.54) is 12.1 Å². The molecule has 0 aliphatic carbocycles. The second-order valence-electron chi connectivity index (χ2n) is 3.44. The van der Waals surface area contributed by atoms with E-state index in [1.54, 1.807) is 18.3 Å². The fraction of sp³-hybridized carbons (Fsp3) is 0. The minimum atomic E-state index is -0.466. The smallest absolute Gasteiger partial charge is 0.258 e. The normalized spacial score (nSPS) is 10.2. The summed E-state index contributed by atoms with van der Waals surface area (Å²) in [6.45, 7) is 0. The summed E-state index contributed by atoms with van der Waals surface area (Å²) >= 11 is 6.45. The number of rotatable bonds is 2. The number of pyridine rings is 1. The summed E-state index contributed by atoms with van der Waals surface area (Å²) < 4.78 is 14.4. The van der Waals surface area contributed by atoms with E-state index in [1.807, 2.05) is 0 Å². The third kappa shape index (κ3) is 3.14. The Bertz CT molecular complexity index is 587. The van der Waals surface area contributed by atoms with Crippen LogP contribution >= 0.6 is 31.9 Å². The number of benzene rings is 1. The predicted octanol–water partition coefficient (Wildman–Crippen LogP) is 4.00. The van der Waals surface area contributed by atoms with Gasteiger partial charge in [-0.25, -0.2) is 9.37 Å². The lowest BCUT2D eigenvalue weighted by Gasteiger charge is -2.06. The molecule has 0 saturated carbocycles. The number of amides is 1. The molecule has 1 N–H and O–H groups in total. The Hall–Kier alpha value is -1.27. The highest BCUT2D eigenvalue weighted by atomic mass is 79.9. The molecule has 0 aliphatic rings. The first kappa shape index (κ1) is 13.2. The second kappa shape index (κ2) is 5.58. The molecule has 0 unspecified atom stereocenters. The minimum Gasteiger partial charge on any atom is -0.307 e. The molecule has 1 amide bonds. The van der Waals surface area contributed by atoms with Gasteiger partial charge in [-0.1, -0.05) is 0 Å². The van der Waals surface area contributed by atoms with E-state index in [9.17, 15) is 9.18 Å². The van der Waals surface area contributed by atoms with Crippen LogP contribution in [0.15, 0.2) is 45.5 Å². The average molecular weight is 374 g/mol. The van der Waals surface area contributed by atoms with Crippen LogP contribution < -0.4 is 5.32 Å². The van der Waals surface area contributed by atoms with Gasteiger partial charge in [0.1, 0.15) is 11.6 Å². The summed E-state index contributed by atoms with van der Waals surface area (Å²) in [5.41, 5.74) is 0.222. The van der Waals surface area contributed by atoms with Crippen molar-refractivity contribution in [1.82, 2.24) is 4.98 Å². The average Bonchev–Trinajstić information content (AvgIpc) is 2.35. The largest absolute Gasteiger partial charge is 0.307 e. The molecular formula is C12H7Br2FN2O. The highest BCUT2D eigenvalue weighted by Gasteiger charge is 2.11. The van der Waals surface area contributed by atoms with Gasteiger partial charge in [-0.15, -0.1) is 0 Å². The second-order valence-corrected chi connectivity index (χ2v) is 5.21. The third-order valence-corrected chi connectivity index (χ3v) is 3.30. The lowest BCUT2D eigenvalue weighted by Crippen LogP contribution is -2.13. The van der Waals surface area contributed by atoms with Crippen molar-refractivity contribution in [1.29, 1.82) is 0 Å². The van der Waals surface area contributed by atoms with Crippen molar-refractivity contribution in [3.63, 3.8) is 0 Å². The molecule has 0 aliphatic heterocycles. The molecule has 92 valence electrons. The van der Waals surface area contributed by atoms with E-state index >= 15 is 0 Å². The number of hydrogen-bond acceptors (Lipinski definition) is 2. The molecule has 1 heterocycles. The van der Waals surface area contributed by atoms with E-state index in [0.717, 1.165) is 10.5 Å². The Labute approximate surface area is 120 Å². The first-order valence-corrected chi connectivity index (χ1v) is 6.53. The van der Waals surface area contributed by atoms with Gasteiger partial charge in [0.15, 0.2) is 0 Å². The Morgan fingerprint density at radius 2 is 2.00 bits per heavy atom. The Morgan fingerprint density at radius 3 is 2.67 bits per heavy atom. The van der Waals surface area contributed by atoms with Crippen molar-refractivity contribution in [3.05, 3.63) is 56.9 Å². The fourth-order valence-corrected chi connectivity index (χ4v) is 1.97. The van der Waals surface area contributed by atoms with Gasteiger partial charge in [0.05, 0.1) is 5.56 Å². The number of hydrogen-bond donors (Lipinski definition) is 1. The molecule has 0 radical (unpaired) electrons. The lowest BCUT2D eigenvalue weighted by atomic mass is 10.2. The van der Waals surface area contributed by atoms with Crippen LogP contribution in [-0.2, 0) is 0 Å². The van der Waals surface area contributed by atoms with Crippen molar-refractivity contribution >= 4 is 43.6 Å². The molecule has 6 heteroatoms. The maximum atomic E-state index is 13.1. The number of carbonyl (C=O) groups excluding carboxylic acids is 1. The van der Waals surface area contributed by atoms with Crippen LogP contribution in [0, 0.1) is 5.82 Å². The molecule has 0 atom stereocenters. The third-order valence-electron chi connectivity index (χ3n) is 2.14. The van der Waals surface area contributed by atoms with Crippen LogP contribution in [0.2, 0.25) is 0 Å². The van der Waals surface area contributed by atoms with Gasteiger partial charge in [-0.3, -0.25) is 4.79 Å². The van der Waals surface area contributed by atoms with Gasteiger partial charge in [0, 0.05) is 15.1 Å². The molecule has 18 heavy (non-hydrogen) atoms. The van der Waals surface area contributed by atoms with Gasteiger partial charge in [-0.05, 0) is 62.2 Å². The number of nitrogens with one attached hydrogen (secondary N) is 1. The van der Waals surface area contributed by atoms with Crippen LogP contribution in [0.25, 0.3) is 0 Å². The van der Waals surface area contributed by atoms with Crippen LogP contribution in [0.5, 0.6) is 0 Å². The van der Waals surface area contributed by atoms with Gasteiger partial charge < -0.3 is 5.32 Å². The number of carbonyl (C=O) groups is 1. The zero-order valence-electron chi connectivity index (χ0n) is 8.95. The van der Waals surface area contributed by atoms with E-state index in [-0.39, 0.29) is 5.56 Å². The van der Waals surface area contributed by atoms with Gasteiger partial charge in [-0.2, -0.15) is 0 Å².